The molecule has 140 valence electrons. The molecule has 0 unspecified atom stereocenters. The number of carbonyl (C=O) groups excluding carboxylic acids is 1. The Morgan fingerprint density at radius 3 is 2.04 bits per heavy atom. The van der Waals surface area contributed by atoms with Gasteiger partial charge in [0.1, 0.15) is 0 Å². The predicted molar refractivity (Wildman–Crippen MR) is 103 cm³/mol. The van der Waals surface area contributed by atoms with E-state index in [1.807, 2.05) is 0 Å². The van der Waals surface area contributed by atoms with E-state index in [4.69, 9.17) is 5.14 Å². The first kappa shape index (κ1) is 20.1. The summed E-state index contributed by atoms with van der Waals surface area (Å²) >= 11 is 0. The van der Waals surface area contributed by atoms with Gasteiger partial charge in [-0.15, -0.1) is 0 Å². The van der Waals surface area contributed by atoms with Crippen molar-refractivity contribution in [1.29, 1.82) is 0 Å². The van der Waals surface area contributed by atoms with E-state index in [2.05, 4.69) is 43.4 Å². The minimum Gasteiger partial charge on any atom is -0.356 e. The van der Waals surface area contributed by atoms with Gasteiger partial charge in [-0.25, -0.2) is 13.6 Å². The maximum atomic E-state index is 12.0. The monoisotopic (exact) mass is 374 g/mol. The molecule has 5 nitrogen and oxygen atoms in total. The van der Waals surface area contributed by atoms with Gasteiger partial charge >= 0.3 is 0 Å². The molecule has 0 aliphatic heterocycles. The standard InChI is InChI=1S/C20H26N2O3S/c1-15(2)18-8-3-16(4-9-18)7-12-20(23)22-14-13-17-5-10-19(11-6-17)26(21,24)25/h3-6,8-11,15H,7,12-14H2,1-2H3,(H,22,23)(H2,21,24,25). The van der Waals surface area contributed by atoms with Crippen molar-refractivity contribution in [3.05, 3.63) is 65.2 Å². The Balaban J connectivity index is 1.73. The van der Waals surface area contributed by atoms with Gasteiger partial charge in [0.05, 0.1) is 4.90 Å². The van der Waals surface area contributed by atoms with Gasteiger partial charge in [0, 0.05) is 13.0 Å². The third kappa shape index (κ3) is 6.28. The maximum absolute atomic E-state index is 12.0. The Hall–Kier alpha value is -2.18. The molecule has 0 atom stereocenters. The summed E-state index contributed by atoms with van der Waals surface area (Å²) in [6.07, 6.45) is 1.80. The Labute approximate surface area is 155 Å². The first-order valence-corrected chi connectivity index (χ1v) is 10.3. The van der Waals surface area contributed by atoms with Gasteiger partial charge in [-0.3, -0.25) is 4.79 Å². The molecule has 0 aromatic heterocycles. The number of nitrogens with one attached hydrogen (secondary N) is 1. The number of benzene rings is 2. The van der Waals surface area contributed by atoms with E-state index in [0.29, 0.717) is 31.7 Å². The van der Waals surface area contributed by atoms with E-state index >= 15 is 0 Å². The Morgan fingerprint density at radius 1 is 0.962 bits per heavy atom. The average molecular weight is 375 g/mol. The quantitative estimate of drug-likeness (QED) is 0.744. The van der Waals surface area contributed by atoms with E-state index < -0.39 is 10.0 Å². The highest BCUT2D eigenvalue weighted by Gasteiger charge is 2.07. The third-order valence-electron chi connectivity index (χ3n) is 4.27. The first-order chi connectivity index (χ1) is 12.3. The van der Waals surface area contributed by atoms with Crippen LogP contribution >= 0.6 is 0 Å². The molecule has 2 aromatic rings. The van der Waals surface area contributed by atoms with Crippen molar-refractivity contribution in [2.75, 3.05) is 6.54 Å². The van der Waals surface area contributed by atoms with Crippen molar-refractivity contribution in [2.45, 2.75) is 43.9 Å². The summed E-state index contributed by atoms with van der Waals surface area (Å²) in [4.78, 5) is 12.1. The van der Waals surface area contributed by atoms with Crippen molar-refractivity contribution in [3.8, 4) is 0 Å². The lowest BCUT2D eigenvalue weighted by Crippen LogP contribution is -2.25. The molecule has 2 aromatic carbocycles. The van der Waals surface area contributed by atoms with Gasteiger partial charge in [-0.1, -0.05) is 50.2 Å². The molecule has 26 heavy (non-hydrogen) atoms. The number of amides is 1. The minimum atomic E-state index is -3.66. The molecular weight excluding hydrogens is 348 g/mol. The topological polar surface area (TPSA) is 89.3 Å². The van der Waals surface area contributed by atoms with Gasteiger partial charge in [0.25, 0.3) is 0 Å². The first-order valence-electron chi connectivity index (χ1n) is 8.73. The summed E-state index contributed by atoms with van der Waals surface area (Å²) in [6, 6.07) is 14.8. The average Bonchev–Trinajstić information content (AvgIpc) is 2.60. The van der Waals surface area contributed by atoms with Crippen LogP contribution in [0.5, 0.6) is 0 Å². The third-order valence-corrected chi connectivity index (χ3v) is 5.20. The van der Waals surface area contributed by atoms with Gasteiger partial charge in [-0.2, -0.15) is 0 Å². The molecule has 0 heterocycles. The molecule has 0 radical (unpaired) electrons. The van der Waals surface area contributed by atoms with E-state index in [0.717, 1.165) is 11.1 Å². The van der Waals surface area contributed by atoms with Crippen molar-refractivity contribution < 1.29 is 13.2 Å². The van der Waals surface area contributed by atoms with E-state index in [1.165, 1.54) is 17.7 Å². The van der Waals surface area contributed by atoms with Crippen molar-refractivity contribution in [3.63, 3.8) is 0 Å². The predicted octanol–water partition coefficient (Wildman–Crippen LogP) is 2.75. The number of sulfonamides is 1. The van der Waals surface area contributed by atoms with E-state index in [1.54, 1.807) is 12.1 Å². The summed E-state index contributed by atoms with van der Waals surface area (Å²) in [7, 11) is -3.66. The van der Waals surface area contributed by atoms with Crippen LogP contribution in [0.15, 0.2) is 53.4 Å². The zero-order valence-corrected chi connectivity index (χ0v) is 16.1. The highest BCUT2D eigenvalue weighted by Crippen LogP contribution is 2.15. The molecule has 6 heteroatoms. The molecule has 0 fully saturated rings. The fourth-order valence-corrected chi connectivity index (χ4v) is 3.12. The Morgan fingerprint density at radius 2 is 1.50 bits per heavy atom. The van der Waals surface area contributed by atoms with Crippen LogP contribution < -0.4 is 10.5 Å². The van der Waals surface area contributed by atoms with Gasteiger partial charge < -0.3 is 5.32 Å². The second kappa shape index (κ2) is 8.96. The molecule has 0 saturated carbocycles. The summed E-state index contributed by atoms with van der Waals surface area (Å²) in [6.45, 7) is 4.83. The fourth-order valence-electron chi connectivity index (χ4n) is 2.61. The SMILES string of the molecule is CC(C)c1ccc(CCC(=O)NCCc2ccc(S(N)(=O)=O)cc2)cc1. The molecule has 2 rings (SSSR count). The zero-order valence-electron chi connectivity index (χ0n) is 15.2. The summed E-state index contributed by atoms with van der Waals surface area (Å²) in [5.41, 5.74) is 3.40. The molecule has 3 N–H and O–H groups in total. The molecule has 0 aliphatic rings. The van der Waals surface area contributed by atoms with Crippen LogP contribution in [0.1, 0.15) is 42.9 Å². The van der Waals surface area contributed by atoms with E-state index in [9.17, 15) is 13.2 Å². The summed E-state index contributed by atoms with van der Waals surface area (Å²) in [5.74, 6) is 0.519. The van der Waals surface area contributed by atoms with Crippen LogP contribution in [-0.4, -0.2) is 20.9 Å². The second-order valence-corrected chi connectivity index (χ2v) is 8.25. The minimum absolute atomic E-state index is 0.0130. The molecular formula is C20H26N2O3S. The number of nitrogens with two attached hydrogens (primary N) is 1. The van der Waals surface area contributed by atoms with Crippen LogP contribution in [0, 0.1) is 0 Å². The Kier molecular flexibility index (Phi) is 6.94. The van der Waals surface area contributed by atoms with Crippen molar-refractivity contribution >= 4 is 15.9 Å². The number of hydrogen-bond acceptors (Lipinski definition) is 3. The molecule has 0 bridgehead atoms. The highest BCUT2D eigenvalue weighted by molar-refractivity contribution is 7.89. The van der Waals surface area contributed by atoms with Gasteiger partial charge in [0.2, 0.25) is 15.9 Å². The summed E-state index contributed by atoms with van der Waals surface area (Å²) < 4.78 is 22.4. The number of aryl methyl sites for hydroxylation is 1. The van der Waals surface area contributed by atoms with Crippen LogP contribution in [0.4, 0.5) is 0 Å². The van der Waals surface area contributed by atoms with Crippen molar-refractivity contribution in [2.24, 2.45) is 5.14 Å². The molecule has 0 saturated heterocycles. The second-order valence-electron chi connectivity index (χ2n) is 6.69. The fraction of sp³-hybridized carbons (Fsp3) is 0.350. The van der Waals surface area contributed by atoms with E-state index in [-0.39, 0.29) is 10.8 Å². The number of rotatable bonds is 8. The smallest absolute Gasteiger partial charge is 0.238 e. The van der Waals surface area contributed by atoms with Crippen LogP contribution in [0.2, 0.25) is 0 Å². The normalized spacial score (nSPS) is 11.5. The number of hydrogen-bond donors (Lipinski definition) is 2. The molecule has 0 spiro atoms. The van der Waals surface area contributed by atoms with Gasteiger partial charge in [-0.05, 0) is 47.6 Å². The Bertz CT molecular complexity index is 826. The number of carbonyl (C=O) groups is 1. The molecule has 1 amide bonds. The lowest BCUT2D eigenvalue weighted by atomic mass is 10.0. The van der Waals surface area contributed by atoms with Crippen LogP contribution in [0.25, 0.3) is 0 Å². The van der Waals surface area contributed by atoms with Crippen molar-refractivity contribution in [1.82, 2.24) is 5.32 Å². The molecule has 0 aliphatic carbocycles. The zero-order chi connectivity index (χ0) is 19.2. The highest BCUT2D eigenvalue weighted by atomic mass is 32.2. The number of primary sulfonamides is 1. The van der Waals surface area contributed by atoms with Crippen LogP contribution in [0.3, 0.4) is 0 Å². The van der Waals surface area contributed by atoms with Gasteiger partial charge in [0.15, 0.2) is 0 Å². The lowest BCUT2D eigenvalue weighted by Gasteiger charge is -2.08. The van der Waals surface area contributed by atoms with Crippen LogP contribution in [-0.2, 0) is 27.7 Å². The summed E-state index contributed by atoms with van der Waals surface area (Å²) in [5, 5.41) is 7.96. The lowest BCUT2D eigenvalue weighted by molar-refractivity contribution is -0.121. The maximum Gasteiger partial charge on any atom is 0.238 e. The largest absolute Gasteiger partial charge is 0.356 e.